The van der Waals surface area contributed by atoms with Crippen LogP contribution in [0.4, 0.5) is 4.79 Å². The van der Waals surface area contributed by atoms with Crippen molar-refractivity contribution in [3.05, 3.63) is 0 Å². The summed E-state index contributed by atoms with van der Waals surface area (Å²) < 4.78 is 4.27. The standard InChI is InChI=1S/C6H13NO4/c1-3-5(9)7-6(10)11-4(2)8/h4-5,8-9H,3H2,1-2H3,(H,7,10). The Bertz CT molecular complexity index is 126. The van der Waals surface area contributed by atoms with E-state index in [0.717, 1.165) is 0 Å². The van der Waals surface area contributed by atoms with Gasteiger partial charge in [0.15, 0.2) is 6.29 Å². The minimum Gasteiger partial charge on any atom is -0.420 e. The molecule has 1 amide bonds. The summed E-state index contributed by atoms with van der Waals surface area (Å²) in [6, 6.07) is 0. The lowest BCUT2D eigenvalue weighted by Crippen LogP contribution is -2.36. The molecule has 2 unspecified atom stereocenters. The molecule has 0 aromatic heterocycles. The molecule has 0 bridgehead atoms. The number of nitrogens with one attached hydrogen (secondary N) is 1. The van der Waals surface area contributed by atoms with Gasteiger partial charge in [-0.05, 0) is 13.3 Å². The van der Waals surface area contributed by atoms with Crippen molar-refractivity contribution in [1.82, 2.24) is 5.32 Å². The molecule has 0 saturated carbocycles. The third-order valence-electron chi connectivity index (χ3n) is 0.949. The molecular formula is C6H13NO4. The Kier molecular flexibility index (Phi) is 4.56. The quantitative estimate of drug-likeness (QED) is 0.502. The van der Waals surface area contributed by atoms with Crippen molar-refractivity contribution in [2.75, 3.05) is 0 Å². The molecular weight excluding hydrogens is 150 g/mol. The van der Waals surface area contributed by atoms with Crippen LogP contribution >= 0.6 is 0 Å². The first-order valence-electron chi connectivity index (χ1n) is 3.39. The van der Waals surface area contributed by atoms with Crippen LogP contribution in [0.25, 0.3) is 0 Å². The third kappa shape index (κ3) is 5.63. The molecule has 3 N–H and O–H groups in total. The second-order valence-corrected chi connectivity index (χ2v) is 2.07. The van der Waals surface area contributed by atoms with Crippen molar-refractivity contribution in [2.24, 2.45) is 0 Å². The molecule has 0 aromatic rings. The number of alkyl carbamates (subject to hydrolysis) is 1. The summed E-state index contributed by atoms with van der Waals surface area (Å²) in [6.45, 7) is 3.01. The second kappa shape index (κ2) is 4.92. The topological polar surface area (TPSA) is 78.8 Å². The van der Waals surface area contributed by atoms with E-state index in [1.54, 1.807) is 6.92 Å². The maximum absolute atomic E-state index is 10.6. The number of hydrogen-bond donors (Lipinski definition) is 3. The van der Waals surface area contributed by atoms with Crippen molar-refractivity contribution >= 4 is 6.09 Å². The minimum absolute atomic E-state index is 0.398. The maximum Gasteiger partial charge on any atom is 0.411 e. The van der Waals surface area contributed by atoms with Crippen LogP contribution in [0.1, 0.15) is 20.3 Å². The molecule has 5 heteroatoms. The first-order chi connectivity index (χ1) is 5.06. The van der Waals surface area contributed by atoms with E-state index in [-0.39, 0.29) is 0 Å². The summed E-state index contributed by atoms with van der Waals surface area (Å²) in [5.41, 5.74) is 0. The molecule has 11 heavy (non-hydrogen) atoms. The number of carbonyl (C=O) groups is 1. The molecule has 0 aliphatic carbocycles. The highest BCUT2D eigenvalue weighted by molar-refractivity contribution is 5.67. The number of hydrogen-bond acceptors (Lipinski definition) is 4. The number of aliphatic hydroxyl groups excluding tert-OH is 2. The average molecular weight is 163 g/mol. The lowest BCUT2D eigenvalue weighted by molar-refractivity contribution is -0.0424. The largest absolute Gasteiger partial charge is 0.420 e. The normalized spacial score (nSPS) is 15.3. The van der Waals surface area contributed by atoms with E-state index in [4.69, 9.17) is 10.2 Å². The van der Waals surface area contributed by atoms with Gasteiger partial charge in [-0.25, -0.2) is 4.79 Å². The summed E-state index contributed by atoms with van der Waals surface area (Å²) in [5, 5.41) is 19.5. The van der Waals surface area contributed by atoms with Crippen LogP contribution in [0.15, 0.2) is 0 Å². The van der Waals surface area contributed by atoms with Gasteiger partial charge in [0.2, 0.25) is 0 Å². The van der Waals surface area contributed by atoms with Gasteiger partial charge in [-0.15, -0.1) is 0 Å². The van der Waals surface area contributed by atoms with E-state index in [1.807, 2.05) is 0 Å². The smallest absolute Gasteiger partial charge is 0.411 e. The first-order valence-corrected chi connectivity index (χ1v) is 3.39. The second-order valence-electron chi connectivity index (χ2n) is 2.07. The highest BCUT2D eigenvalue weighted by atomic mass is 16.6. The number of aliphatic hydroxyl groups is 2. The predicted octanol–water partition coefficient (Wildman–Crippen LogP) is -0.221. The lowest BCUT2D eigenvalue weighted by atomic mass is 10.4. The Morgan fingerprint density at radius 3 is 2.55 bits per heavy atom. The van der Waals surface area contributed by atoms with Gasteiger partial charge in [0.05, 0.1) is 0 Å². The van der Waals surface area contributed by atoms with Gasteiger partial charge in [0.1, 0.15) is 6.23 Å². The van der Waals surface area contributed by atoms with E-state index in [2.05, 4.69) is 10.1 Å². The van der Waals surface area contributed by atoms with E-state index < -0.39 is 18.6 Å². The summed E-state index contributed by atoms with van der Waals surface area (Å²) in [6.07, 6.45) is -2.50. The Morgan fingerprint density at radius 1 is 1.64 bits per heavy atom. The fourth-order valence-electron chi connectivity index (χ4n) is 0.427. The van der Waals surface area contributed by atoms with Gasteiger partial charge in [-0.2, -0.15) is 0 Å². The fraction of sp³-hybridized carbons (Fsp3) is 0.833. The van der Waals surface area contributed by atoms with Crippen LogP contribution in [-0.2, 0) is 4.74 Å². The molecule has 0 fully saturated rings. The summed E-state index contributed by atoms with van der Waals surface area (Å²) in [4.78, 5) is 10.6. The molecule has 2 atom stereocenters. The first kappa shape index (κ1) is 10.2. The van der Waals surface area contributed by atoms with E-state index in [1.165, 1.54) is 6.92 Å². The van der Waals surface area contributed by atoms with Crippen LogP contribution in [0, 0.1) is 0 Å². The van der Waals surface area contributed by atoms with Crippen LogP contribution in [-0.4, -0.2) is 28.8 Å². The highest BCUT2D eigenvalue weighted by Gasteiger charge is 2.08. The average Bonchev–Trinajstić information content (AvgIpc) is 1.85. The van der Waals surface area contributed by atoms with Crippen LogP contribution in [0.2, 0.25) is 0 Å². The van der Waals surface area contributed by atoms with Crippen molar-refractivity contribution in [3.63, 3.8) is 0 Å². The van der Waals surface area contributed by atoms with E-state index in [0.29, 0.717) is 6.42 Å². The van der Waals surface area contributed by atoms with Gasteiger partial charge in [0, 0.05) is 0 Å². The van der Waals surface area contributed by atoms with Gasteiger partial charge >= 0.3 is 6.09 Å². The molecule has 0 radical (unpaired) electrons. The zero-order valence-electron chi connectivity index (χ0n) is 6.57. The maximum atomic E-state index is 10.6. The molecule has 0 aliphatic heterocycles. The summed E-state index contributed by atoms with van der Waals surface area (Å²) >= 11 is 0. The number of amides is 1. The molecule has 5 nitrogen and oxygen atoms in total. The van der Waals surface area contributed by atoms with Gasteiger partial charge in [-0.3, -0.25) is 5.32 Å². The van der Waals surface area contributed by atoms with Crippen molar-refractivity contribution in [1.29, 1.82) is 0 Å². The van der Waals surface area contributed by atoms with Crippen molar-refractivity contribution < 1.29 is 19.7 Å². The highest BCUT2D eigenvalue weighted by Crippen LogP contribution is 1.89. The Balaban J connectivity index is 3.52. The van der Waals surface area contributed by atoms with Gasteiger partial charge in [0.25, 0.3) is 0 Å². The van der Waals surface area contributed by atoms with Crippen LogP contribution in [0.5, 0.6) is 0 Å². The van der Waals surface area contributed by atoms with Crippen LogP contribution in [0.3, 0.4) is 0 Å². The monoisotopic (exact) mass is 163 g/mol. The minimum atomic E-state index is -1.15. The molecule has 0 aliphatic rings. The van der Waals surface area contributed by atoms with Gasteiger partial charge < -0.3 is 14.9 Å². The zero-order chi connectivity index (χ0) is 8.85. The molecule has 66 valence electrons. The van der Waals surface area contributed by atoms with Crippen LogP contribution < -0.4 is 5.32 Å². The molecule has 0 aromatic carbocycles. The molecule has 0 saturated heterocycles. The Labute approximate surface area is 65.0 Å². The fourth-order valence-corrected chi connectivity index (χ4v) is 0.427. The Morgan fingerprint density at radius 2 is 2.18 bits per heavy atom. The molecule has 0 spiro atoms. The summed E-state index contributed by atoms with van der Waals surface area (Å²) in [7, 11) is 0. The number of carbonyl (C=O) groups excluding carboxylic acids is 1. The van der Waals surface area contributed by atoms with Crippen molar-refractivity contribution in [2.45, 2.75) is 32.8 Å². The SMILES string of the molecule is CCC(O)NC(=O)OC(C)O. The van der Waals surface area contributed by atoms with E-state index >= 15 is 0 Å². The molecule has 0 heterocycles. The number of ether oxygens (including phenoxy) is 1. The zero-order valence-corrected chi connectivity index (χ0v) is 6.57. The Hall–Kier alpha value is -0.810. The van der Waals surface area contributed by atoms with Crippen molar-refractivity contribution in [3.8, 4) is 0 Å². The predicted molar refractivity (Wildman–Crippen MR) is 37.6 cm³/mol. The molecule has 0 rings (SSSR count). The van der Waals surface area contributed by atoms with Gasteiger partial charge in [-0.1, -0.05) is 6.92 Å². The number of rotatable bonds is 3. The van der Waals surface area contributed by atoms with E-state index in [9.17, 15) is 4.79 Å². The lowest BCUT2D eigenvalue weighted by Gasteiger charge is -2.11. The third-order valence-corrected chi connectivity index (χ3v) is 0.949. The summed E-state index contributed by atoms with van der Waals surface area (Å²) in [5.74, 6) is 0.